The van der Waals surface area contributed by atoms with Crippen LogP contribution in [-0.4, -0.2) is 30.1 Å². The first-order valence-corrected chi connectivity index (χ1v) is 9.49. The molecule has 26 heavy (non-hydrogen) atoms. The lowest BCUT2D eigenvalue weighted by Crippen LogP contribution is -2.45. The van der Waals surface area contributed by atoms with Gasteiger partial charge in [0.05, 0.1) is 13.2 Å². The number of hydrogen-bond donors (Lipinski definition) is 3. The van der Waals surface area contributed by atoms with Gasteiger partial charge in [-0.3, -0.25) is 9.59 Å². The van der Waals surface area contributed by atoms with Crippen molar-refractivity contribution < 1.29 is 19.4 Å². The second-order valence-corrected chi connectivity index (χ2v) is 7.22. The molecule has 6 nitrogen and oxygen atoms in total. The van der Waals surface area contributed by atoms with Gasteiger partial charge in [0, 0.05) is 10.6 Å². The Bertz CT molecular complexity index is 756. The van der Waals surface area contributed by atoms with Crippen molar-refractivity contribution in [3.63, 3.8) is 0 Å². The molecule has 1 aliphatic carbocycles. The number of amides is 2. The van der Waals surface area contributed by atoms with Gasteiger partial charge in [-0.15, -0.1) is 11.3 Å². The number of hydrogen-bond acceptors (Lipinski definition) is 5. The maximum absolute atomic E-state index is 12.1. The van der Waals surface area contributed by atoms with Crippen LogP contribution in [0.25, 0.3) is 0 Å². The zero-order valence-corrected chi connectivity index (χ0v) is 15.3. The van der Waals surface area contributed by atoms with Crippen molar-refractivity contribution in [2.45, 2.75) is 25.4 Å². The minimum atomic E-state index is -1.11. The second kappa shape index (κ2) is 7.88. The van der Waals surface area contributed by atoms with Gasteiger partial charge in [0.1, 0.15) is 11.4 Å². The van der Waals surface area contributed by atoms with E-state index in [1.54, 1.807) is 24.3 Å². The topological polar surface area (TPSA) is 87.7 Å². The van der Waals surface area contributed by atoms with Crippen LogP contribution >= 0.6 is 11.3 Å². The van der Waals surface area contributed by atoms with E-state index in [9.17, 15) is 14.7 Å². The Hall–Kier alpha value is -2.38. The molecule has 1 aromatic carbocycles. The van der Waals surface area contributed by atoms with Crippen LogP contribution in [0.3, 0.4) is 0 Å². The van der Waals surface area contributed by atoms with Crippen molar-refractivity contribution in [2.24, 2.45) is 5.92 Å². The lowest BCUT2D eigenvalue weighted by atomic mass is 9.95. The average molecular weight is 374 g/mol. The SMILES string of the molecule is CCOc1ccc(NC(=O)C(=O)NCC(O)(c2cccs2)C2CC2)cc1. The van der Waals surface area contributed by atoms with E-state index in [0.29, 0.717) is 18.0 Å². The van der Waals surface area contributed by atoms with Crippen LogP contribution in [0.4, 0.5) is 5.69 Å². The summed E-state index contributed by atoms with van der Waals surface area (Å²) in [6.45, 7) is 2.47. The van der Waals surface area contributed by atoms with Crippen LogP contribution in [-0.2, 0) is 15.2 Å². The number of thiophene rings is 1. The monoisotopic (exact) mass is 374 g/mol. The molecule has 3 N–H and O–H groups in total. The lowest BCUT2D eigenvalue weighted by molar-refractivity contribution is -0.137. The second-order valence-electron chi connectivity index (χ2n) is 6.27. The predicted octanol–water partition coefficient (Wildman–Crippen LogP) is 2.50. The summed E-state index contributed by atoms with van der Waals surface area (Å²) in [6.07, 6.45) is 1.84. The van der Waals surface area contributed by atoms with E-state index in [-0.39, 0.29) is 12.5 Å². The van der Waals surface area contributed by atoms with E-state index >= 15 is 0 Å². The van der Waals surface area contributed by atoms with E-state index in [1.807, 2.05) is 24.4 Å². The van der Waals surface area contributed by atoms with Crippen molar-refractivity contribution in [2.75, 3.05) is 18.5 Å². The summed E-state index contributed by atoms with van der Waals surface area (Å²) in [5.41, 5.74) is -0.604. The number of benzene rings is 1. The zero-order chi connectivity index (χ0) is 18.6. The highest BCUT2D eigenvalue weighted by Gasteiger charge is 2.46. The van der Waals surface area contributed by atoms with Gasteiger partial charge in [-0.05, 0) is 61.4 Å². The number of ether oxygens (including phenoxy) is 1. The fourth-order valence-corrected chi connectivity index (χ4v) is 3.71. The number of carbonyl (C=O) groups excluding carboxylic acids is 2. The van der Waals surface area contributed by atoms with E-state index in [2.05, 4.69) is 10.6 Å². The van der Waals surface area contributed by atoms with Gasteiger partial charge in [0.2, 0.25) is 0 Å². The first-order chi connectivity index (χ1) is 12.5. The molecule has 0 aliphatic heterocycles. The van der Waals surface area contributed by atoms with Crippen molar-refractivity contribution >= 4 is 28.8 Å². The molecule has 3 rings (SSSR count). The summed E-state index contributed by atoms with van der Waals surface area (Å²) in [5.74, 6) is -0.719. The highest BCUT2D eigenvalue weighted by atomic mass is 32.1. The normalized spacial score (nSPS) is 15.8. The van der Waals surface area contributed by atoms with Crippen LogP contribution in [0.5, 0.6) is 5.75 Å². The summed E-state index contributed by atoms with van der Waals surface area (Å²) in [5, 5.41) is 18.0. The third-order valence-electron chi connectivity index (χ3n) is 4.35. The van der Waals surface area contributed by atoms with Crippen LogP contribution in [0.2, 0.25) is 0 Å². The van der Waals surface area contributed by atoms with Gasteiger partial charge in [-0.1, -0.05) is 6.07 Å². The Morgan fingerprint density at radius 2 is 1.96 bits per heavy atom. The van der Waals surface area contributed by atoms with Crippen molar-refractivity contribution in [1.29, 1.82) is 0 Å². The zero-order valence-electron chi connectivity index (χ0n) is 14.5. The summed E-state index contributed by atoms with van der Waals surface area (Å²) in [4.78, 5) is 25.0. The molecule has 0 saturated heterocycles. The fourth-order valence-electron chi connectivity index (χ4n) is 2.80. The van der Waals surface area contributed by atoms with E-state index < -0.39 is 17.4 Å². The molecule has 0 radical (unpaired) electrons. The van der Waals surface area contributed by atoms with Crippen LogP contribution in [0.1, 0.15) is 24.6 Å². The summed E-state index contributed by atoms with van der Waals surface area (Å²) >= 11 is 1.45. The Labute approximate surface area is 156 Å². The number of carbonyl (C=O) groups is 2. The maximum Gasteiger partial charge on any atom is 0.313 e. The molecular weight excluding hydrogens is 352 g/mol. The van der Waals surface area contributed by atoms with Gasteiger partial charge in [0.15, 0.2) is 0 Å². The van der Waals surface area contributed by atoms with Gasteiger partial charge in [-0.2, -0.15) is 0 Å². The van der Waals surface area contributed by atoms with Crippen molar-refractivity contribution in [3.8, 4) is 5.75 Å². The highest BCUT2D eigenvalue weighted by molar-refractivity contribution is 7.10. The molecular formula is C19H22N2O4S. The minimum absolute atomic E-state index is 0.0215. The Balaban J connectivity index is 1.56. The number of rotatable bonds is 7. The van der Waals surface area contributed by atoms with Crippen LogP contribution < -0.4 is 15.4 Å². The first kappa shape index (κ1) is 18.4. The van der Waals surface area contributed by atoms with Gasteiger partial charge in [0.25, 0.3) is 0 Å². The molecule has 2 aromatic rings. The maximum atomic E-state index is 12.1. The molecule has 1 unspecified atom stereocenters. The summed E-state index contributed by atoms with van der Waals surface area (Å²) in [7, 11) is 0. The first-order valence-electron chi connectivity index (χ1n) is 8.61. The highest BCUT2D eigenvalue weighted by Crippen LogP contribution is 2.46. The van der Waals surface area contributed by atoms with Gasteiger partial charge in [-0.25, -0.2) is 0 Å². The van der Waals surface area contributed by atoms with E-state index in [0.717, 1.165) is 17.7 Å². The summed E-state index contributed by atoms with van der Waals surface area (Å²) < 4.78 is 5.33. The predicted molar refractivity (Wildman–Crippen MR) is 100 cm³/mol. The molecule has 1 heterocycles. The largest absolute Gasteiger partial charge is 0.494 e. The lowest BCUT2D eigenvalue weighted by Gasteiger charge is -2.27. The van der Waals surface area contributed by atoms with Crippen molar-refractivity contribution in [1.82, 2.24) is 5.32 Å². The van der Waals surface area contributed by atoms with Gasteiger partial charge >= 0.3 is 11.8 Å². The van der Waals surface area contributed by atoms with Crippen LogP contribution in [0.15, 0.2) is 41.8 Å². The molecule has 0 bridgehead atoms. The van der Waals surface area contributed by atoms with E-state index in [4.69, 9.17) is 4.74 Å². The standard InChI is InChI=1S/C19H22N2O4S/c1-2-25-15-9-7-14(8-10-15)21-18(23)17(22)20-12-19(24,13-5-6-13)16-4-3-11-26-16/h3-4,7-11,13,24H,2,5-6,12H2,1H3,(H,20,22)(H,21,23). The smallest absolute Gasteiger partial charge is 0.313 e. The summed E-state index contributed by atoms with van der Waals surface area (Å²) in [6, 6.07) is 10.5. The third kappa shape index (κ3) is 4.23. The molecule has 1 aliphatic rings. The number of nitrogens with one attached hydrogen (secondary N) is 2. The van der Waals surface area contributed by atoms with Crippen molar-refractivity contribution in [3.05, 3.63) is 46.7 Å². The third-order valence-corrected chi connectivity index (χ3v) is 5.39. The number of anilines is 1. The fraction of sp³-hybridized carbons (Fsp3) is 0.368. The molecule has 2 amide bonds. The molecule has 0 spiro atoms. The Kier molecular flexibility index (Phi) is 5.58. The average Bonchev–Trinajstić information content (AvgIpc) is 3.36. The molecule has 1 saturated carbocycles. The molecule has 1 fully saturated rings. The Morgan fingerprint density at radius 1 is 1.23 bits per heavy atom. The molecule has 138 valence electrons. The van der Waals surface area contributed by atoms with Crippen LogP contribution in [0, 0.1) is 5.92 Å². The Morgan fingerprint density at radius 3 is 2.54 bits per heavy atom. The molecule has 7 heteroatoms. The number of aliphatic hydroxyl groups is 1. The molecule has 1 aromatic heterocycles. The quantitative estimate of drug-likeness (QED) is 0.650. The van der Waals surface area contributed by atoms with E-state index in [1.165, 1.54) is 11.3 Å². The minimum Gasteiger partial charge on any atom is -0.494 e. The van der Waals surface area contributed by atoms with Gasteiger partial charge < -0.3 is 20.5 Å². The molecule has 1 atom stereocenters.